The summed E-state index contributed by atoms with van der Waals surface area (Å²) in [5.74, 6) is -0.702. The van der Waals surface area contributed by atoms with Gasteiger partial charge in [0.1, 0.15) is 0 Å². The number of hydrazone groups is 1. The number of carbonyl (C=O) groups excluding carboxylic acids is 2. The Labute approximate surface area is 161 Å². The van der Waals surface area contributed by atoms with Crippen molar-refractivity contribution in [1.82, 2.24) is 5.43 Å². The molecule has 0 heterocycles. The lowest BCUT2D eigenvalue weighted by Gasteiger charge is -2.07. The number of anilines is 2. The fourth-order valence-electron chi connectivity index (χ4n) is 2.06. The van der Waals surface area contributed by atoms with E-state index in [1.165, 1.54) is 6.07 Å². The van der Waals surface area contributed by atoms with Crippen molar-refractivity contribution in [2.24, 2.45) is 5.10 Å². The second kappa shape index (κ2) is 9.22. The Kier molecular flexibility index (Phi) is 7.00. The predicted molar refractivity (Wildman–Crippen MR) is 106 cm³/mol. The van der Waals surface area contributed by atoms with Crippen LogP contribution in [-0.2, 0) is 9.59 Å². The van der Waals surface area contributed by atoms with Gasteiger partial charge in [0, 0.05) is 23.6 Å². The van der Waals surface area contributed by atoms with Gasteiger partial charge in [-0.15, -0.1) is 0 Å². The van der Waals surface area contributed by atoms with Gasteiger partial charge < -0.3 is 11.1 Å². The number of carbonyl (C=O) groups is 2. The molecule has 0 aliphatic carbocycles. The number of hydrogen-bond donors (Lipinski definition) is 3. The lowest BCUT2D eigenvalue weighted by Crippen LogP contribution is -2.21. The number of benzene rings is 2. The summed E-state index contributed by atoms with van der Waals surface area (Å²) in [5.41, 5.74) is 10.6. The van der Waals surface area contributed by atoms with Crippen molar-refractivity contribution in [3.8, 4) is 0 Å². The summed E-state index contributed by atoms with van der Waals surface area (Å²) in [7, 11) is 0. The topological polar surface area (TPSA) is 96.6 Å². The minimum atomic E-state index is -0.370. The molecule has 0 spiro atoms. The van der Waals surface area contributed by atoms with E-state index in [9.17, 15) is 9.59 Å². The third-order valence-electron chi connectivity index (χ3n) is 3.44. The fourth-order valence-corrected chi connectivity index (χ4v) is 2.52. The summed E-state index contributed by atoms with van der Waals surface area (Å²) < 4.78 is 0. The molecule has 0 bridgehead atoms. The van der Waals surface area contributed by atoms with Gasteiger partial charge >= 0.3 is 0 Å². The van der Waals surface area contributed by atoms with Crippen LogP contribution in [0.2, 0.25) is 10.0 Å². The molecule has 0 aliphatic heterocycles. The molecule has 0 aromatic heterocycles. The van der Waals surface area contributed by atoms with E-state index in [4.69, 9.17) is 28.9 Å². The lowest BCUT2D eigenvalue weighted by atomic mass is 10.1. The Balaban J connectivity index is 1.82. The number of nitrogens with one attached hydrogen (secondary N) is 2. The summed E-state index contributed by atoms with van der Waals surface area (Å²) in [5, 5.41) is 7.45. The van der Waals surface area contributed by atoms with Crippen LogP contribution in [0.25, 0.3) is 0 Å². The molecular formula is C18H18Cl2N4O2. The summed E-state index contributed by atoms with van der Waals surface area (Å²) >= 11 is 11.8. The molecule has 2 amide bonds. The zero-order chi connectivity index (χ0) is 19.1. The monoisotopic (exact) mass is 392 g/mol. The van der Waals surface area contributed by atoms with Gasteiger partial charge in [-0.3, -0.25) is 9.59 Å². The van der Waals surface area contributed by atoms with Gasteiger partial charge in [0.15, 0.2) is 0 Å². The first kappa shape index (κ1) is 19.8. The van der Waals surface area contributed by atoms with E-state index in [0.717, 1.165) is 5.56 Å². The lowest BCUT2D eigenvalue weighted by molar-refractivity contribution is -0.124. The van der Waals surface area contributed by atoms with E-state index in [1.54, 1.807) is 37.3 Å². The highest BCUT2D eigenvalue weighted by Gasteiger charge is 2.09. The molecule has 4 N–H and O–H groups in total. The fraction of sp³-hybridized carbons (Fsp3) is 0.167. The number of amides is 2. The molecule has 26 heavy (non-hydrogen) atoms. The zero-order valence-corrected chi connectivity index (χ0v) is 15.6. The highest BCUT2D eigenvalue weighted by atomic mass is 35.5. The van der Waals surface area contributed by atoms with Crippen molar-refractivity contribution in [2.45, 2.75) is 19.8 Å². The van der Waals surface area contributed by atoms with Crippen LogP contribution in [0.4, 0.5) is 11.4 Å². The molecular weight excluding hydrogens is 375 g/mol. The van der Waals surface area contributed by atoms with E-state index >= 15 is 0 Å². The maximum atomic E-state index is 11.9. The highest BCUT2D eigenvalue weighted by Crippen LogP contribution is 2.25. The van der Waals surface area contributed by atoms with Crippen molar-refractivity contribution in [2.75, 3.05) is 11.1 Å². The van der Waals surface area contributed by atoms with Crippen LogP contribution in [-0.4, -0.2) is 17.5 Å². The van der Waals surface area contributed by atoms with Crippen LogP contribution in [0.3, 0.4) is 0 Å². The smallest absolute Gasteiger partial charge is 0.240 e. The van der Waals surface area contributed by atoms with Crippen molar-refractivity contribution in [3.05, 3.63) is 58.1 Å². The molecule has 6 nitrogen and oxygen atoms in total. The molecule has 2 rings (SSSR count). The van der Waals surface area contributed by atoms with Crippen LogP contribution < -0.4 is 16.5 Å². The molecule has 0 fully saturated rings. The molecule has 2 aromatic carbocycles. The number of rotatable bonds is 6. The van der Waals surface area contributed by atoms with E-state index in [-0.39, 0.29) is 24.7 Å². The van der Waals surface area contributed by atoms with E-state index in [2.05, 4.69) is 15.8 Å². The van der Waals surface area contributed by atoms with Gasteiger partial charge in [-0.2, -0.15) is 5.10 Å². The SMILES string of the molecule is CC(=NNC(=O)CCC(=O)Nc1ccc(Cl)cc1Cl)c1cccc(N)c1. The van der Waals surface area contributed by atoms with Gasteiger partial charge in [0.25, 0.3) is 0 Å². The van der Waals surface area contributed by atoms with Crippen LogP contribution in [0.15, 0.2) is 47.6 Å². The molecule has 0 aliphatic rings. The maximum absolute atomic E-state index is 11.9. The molecule has 0 saturated heterocycles. The number of nitrogens with zero attached hydrogens (tertiary/aromatic N) is 1. The second-order valence-corrected chi connectivity index (χ2v) is 6.37. The molecule has 0 saturated carbocycles. The average Bonchev–Trinajstić information content (AvgIpc) is 2.60. The van der Waals surface area contributed by atoms with E-state index in [1.807, 2.05) is 6.07 Å². The molecule has 136 valence electrons. The van der Waals surface area contributed by atoms with Crippen molar-refractivity contribution in [1.29, 1.82) is 0 Å². The first-order valence-electron chi connectivity index (χ1n) is 7.79. The minimum absolute atomic E-state index is 0.00234. The number of hydrogen-bond acceptors (Lipinski definition) is 4. The normalized spacial score (nSPS) is 11.1. The summed E-state index contributed by atoms with van der Waals surface area (Å²) in [6, 6.07) is 11.9. The molecule has 0 radical (unpaired) electrons. The second-order valence-electron chi connectivity index (χ2n) is 5.53. The molecule has 0 atom stereocenters. The quantitative estimate of drug-likeness (QED) is 0.395. The summed E-state index contributed by atoms with van der Waals surface area (Å²) in [6.07, 6.45) is -0.0115. The number of nitrogens with two attached hydrogens (primary N) is 1. The van der Waals surface area contributed by atoms with Gasteiger partial charge in [-0.05, 0) is 42.8 Å². The Morgan fingerprint density at radius 2 is 1.81 bits per heavy atom. The standard InChI is InChI=1S/C18H18Cl2N4O2/c1-11(12-3-2-4-14(21)9-12)23-24-18(26)8-7-17(25)22-16-6-5-13(19)10-15(16)20/h2-6,9-10H,7-8,21H2,1H3,(H,22,25)(H,24,26). The summed E-state index contributed by atoms with van der Waals surface area (Å²) in [6.45, 7) is 1.75. The minimum Gasteiger partial charge on any atom is -0.399 e. The highest BCUT2D eigenvalue weighted by molar-refractivity contribution is 6.36. The molecule has 2 aromatic rings. The predicted octanol–water partition coefficient (Wildman–Crippen LogP) is 3.83. The van der Waals surface area contributed by atoms with Crippen LogP contribution in [0.1, 0.15) is 25.3 Å². The first-order valence-corrected chi connectivity index (χ1v) is 8.54. The van der Waals surface area contributed by atoms with Gasteiger partial charge in [-0.25, -0.2) is 5.43 Å². The van der Waals surface area contributed by atoms with Crippen LogP contribution in [0, 0.1) is 0 Å². The Hall–Kier alpha value is -2.57. The average molecular weight is 393 g/mol. The number of nitrogen functional groups attached to an aromatic ring is 1. The number of halogens is 2. The molecule has 8 heteroatoms. The van der Waals surface area contributed by atoms with Crippen molar-refractivity contribution in [3.63, 3.8) is 0 Å². The van der Waals surface area contributed by atoms with E-state index < -0.39 is 0 Å². The maximum Gasteiger partial charge on any atom is 0.240 e. The Morgan fingerprint density at radius 3 is 2.50 bits per heavy atom. The Bertz CT molecular complexity index is 853. The third-order valence-corrected chi connectivity index (χ3v) is 3.98. The van der Waals surface area contributed by atoms with Gasteiger partial charge in [0.05, 0.1) is 16.4 Å². The first-order chi connectivity index (χ1) is 12.3. The van der Waals surface area contributed by atoms with Gasteiger partial charge in [-0.1, -0.05) is 35.3 Å². The zero-order valence-electron chi connectivity index (χ0n) is 14.1. The van der Waals surface area contributed by atoms with Crippen LogP contribution in [0.5, 0.6) is 0 Å². The largest absolute Gasteiger partial charge is 0.399 e. The van der Waals surface area contributed by atoms with Crippen LogP contribution >= 0.6 is 23.2 Å². The third kappa shape index (κ3) is 6.06. The summed E-state index contributed by atoms with van der Waals surface area (Å²) in [4.78, 5) is 23.8. The Morgan fingerprint density at radius 1 is 1.08 bits per heavy atom. The van der Waals surface area contributed by atoms with E-state index in [0.29, 0.717) is 27.1 Å². The molecule has 0 unspecified atom stereocenters. The van der Waals surface area contributed by atoms with Crippen molar-refractivity contribution < 1.29 is 9.59 Å². The van der Waals surface area contributed by atoms with Crippen molar-refractivity contribution >= 4 is 52.1 Å². The van der Waals surface area contributed by atoms with Gasteiger partial charge in [0.2, 0.25) is 11.8 Å².